The zero-order valence-corrected chi connectivity index (χ0v) is 6.79. The number of rotatable bonds is 1. The van der Waals surface area contributed by atoms with E-state index in [1.807, 2.05) is 0 Å². The van der Waals surface area contributed by atoms with Crippen LogP contribution in [0.4, 0.5) is 0 Å². The Kier molecular flexibility index (Phi) is 1.60. The number of nitrogens with one attached hydrogen (secondary N) is 1. The molecule has 1 N–H and O–H groups in total. The summed E-state index contributed by atoms with van der Waals surface area (Å²) in [5.74, 6) is 0. The van der Waals surface area contributed by atoms with Crippen molar-refractivity contribution in [2.45, 2.75) is 19.4 Å². The van der Waals surface area contributed by atoms with Crippen LogP contribution in [0.1, 0.15) is 13.8 Å². The van der Waals surface area contributed by atoms with Crippen LogP contribution < -0.4 is 5.43 Å². The zero-order valence-electron chi connectivity index (χ0n) is 6.79. The van der Waals surface area contributed by atoms with E-state index in [9.17, 15) is 10.1 Å². The van der Waals surface area contributed by atoms with Crippen molar-refractivity contribution in [3.05, 3.63) is 22.0 Å². The highest BCUT2D eigenvalue weighted by atomic mass is 16.6. The molecule has 1 aliphatic rings. The number of nitrogens with zero attached hydrogens (tertiary/aromatic N) is 2. The molecule has 0 aromatic rings. The summed E-state index contributed by atoms with van der Waals surface area (Å²) >= 11 is 0. The molecule has 0 aromatic carbocycles. The van der Waals surface area contributed by atoms with Crippen LogP contribution in [-0.4, -0.2) is 22.5 Å². The van der Waals surface area contributed by atoms with Crippen molar-refractivity contribution in [2.75, 3.05) is 7.05 Å². The minimum absolute atomic E-state index is 0.194. The fourth-order valence-corrected chi connectivity index (χ4v) is 0.944. The van der Waals surface area contributed by atoms with Crippen molar-refractivity contribution in [1.82, 2.24) is 10.4 Å². The lowest BCUT2D eigenvalue weighted by atomic mass is 10.0. The maximum absolute atomic E-state index is 10.4. The van der Waals surface area contributed by atoms with Crippen LogP contribution in [0.3, 0.4) is 0 Å². The summed E-state index contributed by atoms with van der Waals surface area (Å²) in [6.07, 6.45) is 1.42. The van der Waals surface area contributed by atoms with Gasteiger partial charge in [0.25, 0.3) is 5.70 Å². The van der Waals surface area contributed by atoms with Gasteiger partial charge in [0.2, 0.25) is 0 Å². The monoisotopic (exact) mass is 157 g/mol. The molecular formula is C6H11N3O2. The molecule has 62 valence electrons. The third kappa shape index (κ3) is 1.07. The molecule has 11 heavy (non-hydrogen) atoms. The van der Waals surface area contributed by atoms with Crippen molar-refractivity contribution in [3.8, 4) is 0 Å². The number of hydrogen-bond donors (Lipinski definition) is 1. The average molecular weight is 157 g/mol. The lowest BCUT2D eigenvalue weighted by Crippen LogP contribution is -2.44. The molecule has 0 fully saturated rings. The fourth-order valence-electron chi connectivity index (χ4n) is 0.944. The minimum Gasteiger partial charge on any atom is -0.319 e. The third-order valence-electron chi connectivity index (χ3n) is 2.06. The van der Waals surface area contributed by atoms with Crippen molar-refractivity contribution in [3.63, 3.8) is 0 Å². The molecule has 0 unspecified atom stereocenters. The molecule has 0 radical (unpaired) electrons. The molecule has 0 aromatic heterocycles. The Labute approximate surface area is 64.8 Å². The second-order valence-electron chi connectivity index (χ2n) is 3.03. The van der Waals surface area contributed by atoms with E-state index in [1.54, 1.807) is 25.9 Å². The van der Waals surface area contributed by atoms with Crippen molar-refractivity contribution in [1.29, 1.82) is 0 Å². The van der Waals surface area contributed by atoms with Gasteiger partial charge in [-0.05, 0) is 13.8 Å². The Bertz CT molecular complexity index is 222. The van der Waals surface area contributed by atoms with E-state index < -0.39 is 5.54 Å². The van der Waals surface area contributed by atoms with Crippen LogP contribution in [0, 0.1) is 10.1 Å². The Morgan fingerprint density at radius 1 is 1.73 bits per heavy atom. The molecular weight excluding hydrogens is 146 g/mol. The molecule has 0 spiro atoms. The smallest absolute Gasteiger partial charge is 0.284 e. The van der Waals surface area contributed by atoms with E-state index in [4.69, 9.17) is 0 Å². The summed E-state index contributed by atoms with van der Waals surface area (Å²) in [6.45, 7) is 3.59. The first-order chi connectivity index (χ1) is 4.96. The maximum Gasteiger partial charge on any atom is 0.284 e. The Morgan fingerprint density at radius 2 is 2.27 bits per heavy atom. The van der Waals surface area contributed by atoms with Gasteiger partial charge in [-0.15, -0.1) is 0 Å². The Morgan fingerprint density at radius 3 is 2.45 bits per heavy atom. The van der Waals surface area contributed by atoms with Gasteiger partial charge in [0.1, 0.15) is 5.54 Å². The molecule has 0 bridgehead atoms. The predicted octanol–water partition coefficient (Wildman–Crippen LogP) is 0.333. The van der Waals surface area contributed by atoms with Gasteiger partial charge in [-0.3, -0.25) is 10.1 Å². The van der Waals surface area contributed by atoms with Crippen LogP contribution >= 0.6 is 0 Å². The lowest BCUT2D eigenvalue weighted by Gasteiger charge is -2.25. The number of hydrogen-bond acceptors (Lipinski definition) is 4. The first-order valence-corrected chi connectivity index (χ1v) is 3.31. The topological polar surface area (TPSA) is 58.4 Å². The van der Waals surface area contributed by atoms with E-state index in [1.165, 1.54) is 6.20 Å². The highest BCUT2D eigenvalue weighted by Crippen LogP contribution is 2.25. The van der Waals surface area contributed by atoms with Gasteiger partial charge in [0, 0.05) is 7.05 Å². The number of nitro groups is 1. The van der Waals surface area contributed by atoms with E-state index in [2.05, 4.69) is 5.43 Å². The van der Waals surface area contributed by atoms with Crippen molar-refractivity contribution >= 4 is 0 Å². The molecule has 0 saturated carbocycles. The van der Waals surface area contributed by atoms with Crippen LogP contribution in [0.15, 0.2) is 11.9 Å². The molecule has 1 heterocycles. The molecule has 0 atom stereocenters. The van der Waals surface area contributed by atoms with Gasteiger partial charge in [-0.25, -0.2) is 5.01 Å². The molecule has 1 rings (SSSR count). The normalized spacial score (nSPS) is 22.6. The molecule has 5 nitrogen and oxygen atoms in total. The Balaban J connectivity index is 2.92. The summed E-state index contributed by atoms with van der Waals surface area (Å²) in [5, 5.41) is 12.1. The molecule has 5 heteroatoms. The van der Waals surface area contributed by atoms with Crippen LogP contribution in [0.5, 0.6) is 0 Å². The first-order valence-electron chi connectivity index (χ1n) is 3.31. The van der Waals surface area contributed by atoms with Crippen LogP contribution in [-0.2, 0) is 0 Å². The van der Waals surface area contributed by atoms with Gasteiger partial charge in [0.15, 0.2) is 0 Å². The second kappa shape index (κ2) is 2.20. The molecule has 0 aliphatic carbocycles. The zero-order chi connectivity index (χ0) is 8.65. The minimum atomic E-state index is -0.524. The van der Waals surface area contributed by atoms with Gasteiger partial charge in [-0.1, -0.05) is 0 Å². The van der Waals surface area contributed by atoms with Gasteiger partial charge in [0.05, 0.1) is 11.1 Å². The molecule has 1 aliphatic heterocycles. The predicted molar refractivity (Wildman–Crippen MR) is 40.1 cm³/mol. The lowest BCUT2D eigenvalue weighted by molar-refractivity contribution is -0.435. The maximum atomic E-state index is 10.4. The standard InChI is InChI=1S/C6H11N3O2/c1-6(2)5(9(10)11)4-7-8(6)3/h4,7H,1-3H3. The van der Waals surface area contributed by atoms with E-state index in [-0.39, 0.29) is 10.6 Å². The van der Waals surface area contributed by atoms with Gasteiger partial charge >= 0.3 is 0 Å². The summed E-state index contributed by atoms with van der Waals surface area (Å²) in [5.41, 5.74) is 2.44. The fraction of sp³-hybridized carbons (Fsp3) is 0.667. The van der Waals surface area contributed by atoms with Crippen LogP contribution in [0.25, 0.3) is 0 Å². The van der Waals surface area contributed by atoms with Gasteiger partial charge in [-0.2, -0.15) is 0 Å². The SMILES string of the molecule is CN1NC=C([N+](=O)[O-])C1(C)C. The summed E-state index contributed by atoms with van der Waals surface area (Å²) < 4.78 is 0. The van der Waals surface area contributed by atoms with E-state index in [0.717, 1.165) is 0 Å². The summed E-state index contributed by atoms with van der Waals surface area (Å²) in [4.78, 5) is 10.1. The van der Waals surface area contributed by atoms with Gasteiger partial charge < -0.3 is 5.43 Å². The summed E-state index contributed by atoms with van der Waals surface area (Å²) in [7, 11) is 1.77. The second-order valence-corrected chi connectivity index (χ2v) is 3.03. The van der Waals surface area contributed by atoms with Crippen molar-refractivity contribution < 1.29 is 4.92 Å². The highest BCUT2D eigenvalue weighted by Gasteiger charge is 2.41. The number of likely N-dealkylation sites (N-methyl/N-ethyl adjacent to an activating group) is 1. The molecule has 0 saturated heterocycles. The van der Waals surface area contributed by atoms with E-state index >= 15 is 0 Å². The third-order valence-corrected chi connectivity index (χ3v) is 2.06. The largest absolute Gasteiger partial charge is 0.319 e. The average Bonchev–Trinajstić information content (AvgIpc) is 2.08. The van der Waals surface area contributed by atoms with E-state index in [0.29, 0.717) is 0 Å². The highest BCUT2D eigenvalue weighted by molar-refractivity contribution is 5.13. The van der Waals surface area contributed by atoms with Crippen LogP contribution in [0.2, 0.25) is 0 Å². The van der Waals surface area contributed by atoms with Crippen molar-refractivity contribution in [2.24, 2.45) is 0 Å². The quantitative estimate of drug-likeness (QED) is 0.440. The molecule has 0 amide bonds. The number of hydrazine groups is 1. The first kappa shape index (κ1) is 8.00. The Hall–Kier alpha value is -1.10. The summed E-state index contributed by atoms with van der Waals surface area (Å²) in [6, 6.07) is 0.